The highest BCUT2D eigenvalue weighted by atomic mass is 16.5. The SMILES string of the molecule is COc1ccc2cc3n(c2c1)CC(C)(C(=O)NCCCN1CC(C)CC(C)C1)N(CCCc1ccccc1)C3=O. The molecular weight excluding hydrogens is 500 g/mol. The Hall–Kier alpha value is -3.32. The molecule has 0 saturated carbocycles. The van der Waals surface area contributed by atoms with Gasteiger partial charge in [0.1, 0.15) is 17.0 Å². The number of hydrogen-bond acceptors (Lipinski definition) is 4. The second-order valence-corrected chi connectivity index (χ2v) is 12.2. The van der Waals surface area contributed by atoms with Gasteiger partial charge in [0.25, 0.3) is 5.91 Å². The van der Waals surface area contributed by atoms with Gasteiger partial charge in [-0.1, -0.05) is 44.2 Å². The van der Waals surface area contributed by atoms with Gasteiger partial charge in [-0.15, -0.1) is 0 Å². The lowest BCUT2D eigenvalue weighted by atomic mass is 9.92. The van der Waals surface area contributed by atoms with Crippen LogP contribution in [0.25, 0.3) is 10.9 Å². The third-order valence-corrected chi connectivity index (χ3v) is 8.70. The van der Waals surface area contributed by atoms with Crippen molar-refractivity contribution in [3.8, 4) is 5.75 Å². The third kappa shape index (κ3) is 5.90. The van der Waals surface area contributed by atoms with Crippen LogP contribution in [0.1, 0.15) is 56.1 Å². The molecule has 0 spiro atoms. The van der Waals surface area contributed by atoms with Crippen LogP contribution in [0.5, 0.6) is 5.75 Å². The maximum absolute atomic E-state index is 14.0. The van der Waals surface area contributed by atoms with E-state index in [1.54, 1.807) is 7.11 Å². The van der Waals surface area contributed by atoms with Gasteiger partial charge in [-0.05, 0) is 74.8 Å². The second kappa shape index (κ2) is 12.0. The topological polar surface area (TPSA) is 66.8 Å². The van der Waals surface area contributed by atoms with E-state index in [4.69, 9.17) is 4.74 Å². The minimum atomic E-state index is -0.996. The fourth-order valence-corrected chi connectivity index (χ4v) is 6.76. The predicted molar refractivity (Wildman–Crippen MR) is 160 cm³/mol. The summed E-state index contributed by atoms with van der Waals surface area (Å²) in [6.07, 6.45) is 3.84. The lowest BCUT2D eigenvalue weighted by Crippen LogP contribution is -2.64. The molecule has 40 heavy (non-hydrogen) atoms. The van der Waals surface area contributed by atoms with Gasteiger partial charge in [-0.3, -0.25) is 9.59 Å². The van der Waals surface area contributed by atoms with E-state index < -0.39 is 5.54 Å². The largest absolute Gasteiger partial charge is 0.497 e. The average molecular weight is 545 g/mol. The lowest BCUT2D eigenvalue weighted by molar-refractivity contribution is -0.132. The Labute approximate surface area is 238 Å². The molecule has 2 aliphatic heterocycles. The number of methoxy groups -OCH3 is 1. The Balaban J connectivity index is 1.33. The van der Waals surface area contributed by atoms with Gasteiger partial charge in [0.15, 0.2) is 0 Å². The number of nitrogens with zero attached hydrogens (tertiary/aromatic N) is 3. The molecule has 2 aliphatic rings. The highest BCUT2D eigenvalue weighted by molar-refractivity contribution is 6.03. The first-order valence-corrected chi connectivity index (χ1v) is 14.8. The van der Waals surface area contributed by atoms with E-state index in [9.17, 15) is 9.59 Å². The molecule has 3 heterocycles. The number of likely N-dealkylation sites (tertiary alicyclic amines) is 1. The average Bonchev–Trinajstić information content (AvgIpc) is 3.30. The summed E-state index contributed by atoms with van der Waals surface area (Å²) in [5.41, 5.74) is 1.78. The van der Waals surface area contributed by atoms with E-state index in [-0.39, 0.29) is 11.8 Å². The van der Waals surface area contributed by atoms with Crippen molar-refractivity contribution in [1.29, 1.82) is 0 Å². The first-order chi connectivity index (χ1) is 19.3. The Kier molecular flexibility index (Phi) is 8.50. The normalized spacial score (nSPS) is 23.3. The van der Waals surface area contributed by atoms with Gasteiger partial charge in [0.2, 0.25) is 5.91 Å². The highest BCUT2D eigenvalue weighted by Gasteiger charge is 2.47. The van der Waals surface area contributed by atoms with E-state index >= 15 is 0 Å². The van der Waals surface area contributed by atoms with Gasteiger partial charge in [0.05, 0.1) is 19.2 Å². The zero-order chi connectivity index (χ0) is 28.3. The smallest absolute Gasteiger partial charge is 0.271 e. The Morgan fingerprint density at radius 2 is 1.77 bits per heavy atom. The van der Waals surface area contributed by atoms with E-state index in [2.05, 4.69) is 36.2 Å². The summed E-state index contributed by atoms with van der Waals surface area (Å²) in [7, 11) is 1.64. The quantitative estimate of drug-likeness (QED) is 0.366. The molecule has 3 unspecified atom stereocenters. The molecule has 1 fully saturated rings. The molecule has 1 aromatic heterocycles. The minimum absolute atomic E-state index is 0.0867. The van der Waals surface area contributed by atoms with Crippen LogP contribution in [-0.2, 0) is 17.8 Å². The summed E-state index contributed by atoms with van der Waals surface area (Å²) in [5.74, 6) is 2.00. The maximum Gasteiger partial charge on any atom is 0.271 e. The number of carbonyl (C=O) groups excluding carboxylic acids is 2. The first-order valence-electron chi connectivity index (χ1n) is 14.8. The summed E-state index contributed by atoms with van der Waals surface area (Å²) in [6, 6.07) is 18.1. The molecular formula is C33H44N4O3. The van der Waals surface area contributed by atoms with Crippen LogP contribution in [0.3, 0.4) is 0 Å². The molecule has 214 valence electrons. The van der Waals surface area contributed by atoms with E-state index in [1.165, 1.54) is 12.0 Å². The summed E-state index contributed by atoms with van der Waals surface area (Å²) in [5, 5.41) is 4.18. The maximum atomic E-state index is 14.0. The molecule has 1 N–H and O–H groups in total. The Morgan fingerprint density at radius 3 is 2.50 bits per heavy atom. The zero-order valence-corrected chi connectivity index (χ0v) is 24.5. The molecule has 1 saturated heterocycles. The third-order valence-electron chi connectivity index (χ3n) is 8.70. The number of benzene rings is 2. The predicted octanol–water partition coefficient (Wildman–Crippen LogP) is 4.98. The van der Waals surface area contributed by atoms with Crippen LogP contribution in [0, 0.1) is 11.8 Å². The van der Waals surface area contributed by atoms with E-state index in [1.807, 2.05) is 58.9 Å². The van der Waals surface area contributed by atoms with E-state index in [0.717, 1.165) is 67.4 Å². The van der Waals surface area contributed by atoms with E-state index in [0.29, 0.717) is 25.3 Å². The number of aromatic nitrogens is 1. The Bertz CT molecular complexity index is 1330. The number of hydrogen-bond donors (Lipinski definition) is 1. The number of nitrogens with one attached hydrogen (secondary N) is 1. The number of amides is 2. The summed E-state index contributed by atoms with van der Waals surface area (Å²) in [4.78, 5) is 32.2. The van der Waals surface area contributed by atoms with Crippen molar-refractivity contribution < 1.29 is 14.3 Å². The summed E-state index contributed by atoms with van der Waals surface area (Å²) >= 11 is 0. The number of piperidine rings is 1. The van der Waals surface area contributed by atoms with Crippen molar-refractivity contribution in [3.63, 3.8) is 0 Å². The highest BCUT2D eigenvalue weighted by Crippen LogP contribution is 2.34. The number of aryl methyl sites for hydroxylation is 1. The van der Waals surface area contributed by atoms with Gasteiger partial charge < -0.3 is 24.4 Å². The second-order valence-electron chi connectivity index (χ2n) is 12.2. The summed E-state index contributed by atoms with van der Waals surface area (Å²) in [6.45, 7) is 11.4. The van der Waals surface area contributed by atoms with Crippen LogP contribution < -0.4 is 10.1 Å². The molecule has 5 rings (SSSR count). The standard InChI is InChI=1S/C33H44N4O3/c1-24-18-25(2)22-35(21-24)16-9-15-34-32(39)33(3)23-36-29-20-28(40-4)14-13-27(29)19-30(36)31(38)37(33)17-8-12-26-10-6-5-7-11-26/h5-7,10-11,13-14,19-20,24-25H,8-9,12,15-18,21-23H2,1-4H3,(H,34,39). The Morgan fingerprint density at radius 1 is 1.02 bits per heavy atom. The van der Waals surface area contributed by atoms with Crippen LogP contribution in [0.4, 0.5) is 0 Å². The summed E-state index contributed by atoms with van der Waals surface area (Å²) < 4.78 is 7.47. The fraction of sp³-hybridized carbons (Fsp3) is 0.515. The fourth-order valence-electron chi connectivity index (χ4n) is 6.76. The van der Waals surface area contributed by atoms with Crippen LogP contribution in [0.2, 0.25) is 0 Å². The van der Waals surface area contributed by atoms with Gasteiger partial charge in [-0.2, -0.15) is 0 Å². The molecule has 3 atom stereocenters. The van der Waals surface area contributed by atoms with Crippen molar-refractivity contribution in [3.05, 3.63) is 65.9 Å². The minimum Gasteiger partial charge on any atom is -0.497 e. The van der Waals surface area contributed by atoms with Gasteiger partial charge in [0, 0.05) is 37.6 Å². The first kappa shape index (κ1) is 28.2. The molecule has 7 heteroatoms. The van der Waals surface area contributed by atoms with Crippen molar-refractivity contribution in [2.45, 2.75) is 58.5 Å². The zero-order valence-electron chi connectivity index (χ0n) is 24.5. The molecule has 2 aromatic carbocycles. The number of ether oxygens (including phenoxy) is 1. The number of rotatable bonds is 10. The van der Waals surface area contributed by atoms with Crippen LogP contribution in [0.15, 0.2) is 54.6 Å². The lowest BCUT2D eigenvalue weighted by Gasteiger charge is -2.44. The number of carbonyl (C=O) groups is 2. The molecule has 0 bridgehead atoms. The van der Waals surface area contributed by atoms with Gasteiger partial charge >= 0.3 is 0 Å². The van der Waals surface area contributed by atoms with Crippen molar-refractivity contribution in [1.82, 2.24) is 19.7 Å². The van der Waals surface area contributed by atoms with Crippen molar-refractivity contribution >= 4 is 22.7 Å². The monoisotopic (exact) mass is 544 g/mol. The number of fused-ring (bicyclic) bond motifs is 3. The molecule has 3 aromatic rings. The van der Waals surface area contributed by atoms with Crippen molar-refractivity contribution in [2.24, 2.45) is 11.8 Å². The van der Waals surface area contributed by atoms with Crippen LogP contribution in [-0.4, -0.2) is 71.6 Å². The van der Waals surface area contributed by atoms with Crippen LogP contribution >= 0.6 is 0 Å². The molecule has 0 radical (unpaired) electrons. The molecule has 0 aliphatic carbocycles. The molecule has 7 nitrogen and oxygen atoms in total. The van der Waals surface area contributed by atoms with Crippen molar-refractivity contribution in [2.75, 3.05) is 39.8 Å². The molecule has 2 amide bonds. The van der Waals surface area contributed by atoms with Gasteiger partial charge in [-0.25, -0.2) is 0 Å².